The highest BCUT2D eigenvalue weighted by atomic mass is 32.2. The number of thioether (sulfide) groups is 1. The molecule has 1 aliphatic heterocycles. The highest BCUT2D eigenvalue weighted by Crippen LogP contribution is 2.25. The topological polar surface area (TPSA) is 55.1 Å². The van der Waals surface area contributed by atoms with Gasteiger partial charge in [-0.25, -0.2) is 0 Å². The Labute approximate surface area is 88.1 Å². The van der Waals surface area contributed by atoms with E-state index in [0.29, 0.717) is 5.75 Å². The monoisotopic (exact) mass is 210 g/mol. The number of nitrogens with two attached hydrogens (primary N) is 1. The van der Waals surface area contributed by atoms with E-state index < -0.39 is 6.04 Å². The van der Waals surface area contributed by atoms with Crippen LogP contribution in [0.4, 0.5) is 0 Å². The Kier molecular flexibility index (Phi) is 3.98. The molecule has 4 heteroatoms. The number of hydrogen-bond acceptors (Lipinski definition) is 3. The third-order valence-electron chi connectivity index (χ3n) is 1.83. The van der Waals surface area contributed by atoms with E-state index in [9.17, 15) is 4.79 Å². The van der Waals surface area contributed by atoms with E-state index in [1.54, 1.807) is 23.9 Å². The third kappa shape index (κ3) is 2.49. The first-order valence-electron chi connectivity index (χ1n) is 4.37. The van der Waals surface area contributed by atoms with Gasteiger partial charge in [-0.1, -0.05) is 18.7 Å². The summed E-state index contributed by atoms with van der Waals surface area (Å²) in [5, 5.41) is 2.77. The van der Waals surface area contributed by atoms with Crippen LogP contribution in [0.1, 0.15) is 6.92 Å². The number of allylic oxidation sites excluding steroid dienone is 3. The molecule has 1 fully saturated rings. The lowest BCUT2D eigenvalue weighted by Crippen LogP contribution is -2.39. The molecule has 0 unspecified atom stereocenters. The van der Waals surface area contributed by atoms with Gasteiger partial charge in [-0.3, -0.25) is 4.79 Å². The number of amides is 1. The predicted molar refractivity (Wildman–Crippen MR) is 60.6 cm³/mol. The van der Waals surface area contributed by atoms with Crippen molar-refractivity contribution in [2.75, 3.05) is 5.75 Å². The van der Waals surface area contributed by atoms with Crippen molar-refractivity contribution in [3.05, 3.63) is 35.4 Å². The fraction of sp³-hybridized carbons (Fsp3) is 0.300. The zero-order valence-electron chi connectivity index (χ0n) is 8.12. The summed E-state index contributed by atoms with van der Waals surface area (Å²) in [7, 11) is 0. The van der Waals surface area contributed by atoms with Crippen LogP contribution in [-0.4, -0.2) is 17.7 Å². The van der Waals surface area contributed by atoms with Gasteiger partial charge in [0.1, 0.15) is 0 Å². The van der Waals surface area contributed by atoms with Gasteiger partial charge in [-0.2, -0.15) is 0 Å². The average Bonchev–Trinajstić information content (AvgIpc) is 2.29. The Morgan fingerprint density at radius 2 is 2.43 bits per heavy atom. The van der Waals surface area contributed by atoms with Crippen LogP contribution in [0.3, 0.4) is 0 Å². The fourth-order valence-electron chi connectivity index (χ4n) is 1.10. The van der Waals surface area contributed by atoms with E-state index in [1.807, 2.05) is 13.0 Å². The number of carbonyl (C=O) groups is 1. The molecule has 1 heterocycles. The lowest BCUT2D eigenvalue weighted by molar-refractivity contribution is -0.121. The van der Waals surface area contributed by atoms with Crippen molar-refractivity contribution < 1.29 is 4.79 Å². The van der Waals surface area contributed by atoms with Crippen molar-refractivity contribution in [3.8, 4) is 0 Å². The van der Waals surface area contributed by atoms with Gasteiger partial charge >= 0.3 is 0 Å². The van der Waals surface area contributed by atoms with Crippen LogP contribution in [0, 0.1) is 0 Å². The van der Waals surface area contributed by atoms with Gasteiger partial charge in [0.25, 0.3) is 0 Å². The second-order valence-electron chi connectivity index (χ2n) is 2.88. The summed E-state index contributed by atoms with van der Waals surface area (Å²) >= 11 is 1.58. The molecular formula is C10H14N2OS. The molecule has 0 aromatic heterocycles. The largest absolute Gasteiger partial charge is 0.324 e. The molecule has 1 aliphatic rings. The summed E-state index contributed by atoms with van der Waals surface area (Å²) in [6, 6.07) is -0.439. The smallest absolute Gasteiger partial charge is 0.242 e. The van der Waals surface area contributed by atoms with Crippen LogP contribution in [0.5, 0.6) is 0 Å². The van der Waals surface area contributed by atoms with Crippen molar-refractivity contribution in [1.29, 1.82) is 0 Å². The minimum absolute atomic E-state index is 0.137. The molecule has 0 saturated carbocycles. The van der Waals surface area contributed by atoms with Gasteiger partial charge in [-0.15, -0.1) is 11.8 Å². The van der Waals surface area contributed by atoms with E-state index >= 15 is 0 Å². The lowest BCUT2D eigenvalue weighted by atomic mass is 10.3. The quantitative estimate of drug-likeness (QED) is 0.682. The molecule has 1 rings (SSSR count). The molecule has 14 heavy (non-hydrogen) atoms. The lowest BCUT2D eigenvalue weighted by Gasteiger charge is -2.07. The molecule has 0 bridgehead atoms. The molecule has 0 spiro atoms. The Morgan fingerprint density at radius 3 is 3.00 bits per heavy atom. The summed E-state index contributed by atoms with van der Waals surface area (Å²) in [6.45, 7) is 5.54. The van der Waals surface area contributed by atoms with Crippen molar-refractivity contribution in [2.24, 2.45) is 5.73 Å². The van der Waals surface area contributed by atoms with Gasteiger partial charge < -0.3 is 11.1 Å². The maximum absolute atomic E-state index is 11.4. The minimum atomic E-state index is -0.439. The van der Waals surface area contributed by atoms with E-state index in [1.165, 1.54) is 0 Å². The van der Waals surface area contributed by atoms with Crippen LogP contribution in [0.25, 0.3) is 0 Å². The fourth-order valence-corrected chi connectivity index (χ4v) is 2.05. The number of nitrogens with one attached hydrogen (secondary N) is 1. The van der Waals surface area contributed by atoms with Crippen LogP contribution in [-0.2, 0) is 4.79 Å². The maximum atomic E-state index is 11.4. The molecule has 3 nitrogen and oxygen atoms in total. The van der Waals surface area contributed by atoms with Gasteiger partial charge in [-0.05, 0) is 13.0 Å². The van der Waals surface area contributed by atoms with E-state index in [4.69, 9.17) is 5.73 Å². The summed E-state index contributed by atoms with van der Waals surface area (Å²) in [5.74, 6) is 0.474. The SMILES string of the molecule is C=C/C=C1/NC(=O)[C@@H](N)CS/C1=C/C. The van der Waals surface area contributed by atoms with Gasteiger partial charge in [0.05, 0.1) is 11.7 Å². The van der Waals surface area contributed by atoms with E-state index in [0.717, 1.165) is 10.6 Å². The second kappa shape index (κ2) is 5.02. The van der Waals surface area contributed by atoms with Gasteiger partial charge in [0.2, 0.25) is 5.91 Å². The Hall–Kier alpha value is -1.00. The Bertz CT molecular complexity index is 307. The number of carbonyl (C=O) groups excluding carboxylic acids is 1. The number of hydrogen-bond donors (Lipinski definition) is 2. The summed E-state index contributed by atoms with van der Waals surface area (Å²) in [5.41, 5.74) is 6.42. The first-order valence-corrected chi connectivity index (χ1v) is 5.36. The van der Waals surface area contributed by atoms with Crippen molar-refractivity contribution >= 4 is 17.7 Å². The van der Waals surface area contributed by atoms with Crippen molar-refractivity contribution in [3.63, 3.8) is 0 Å². The summed E-state index contributed by atoms with van der Waals surface area (Å²) in [6.07, 6.45) is 5.38. The average molecular weight is 210 g/mol. The molecule has 1 saturated heterocycles. The van der Waals surface area contributed by atoms with E-state index in [-0.39, 0.29) is 5.91 Å². The standard InChI is InChI=1S/C10H14N2OS/c1-3-5-8-9(4-2)14-6-7(11)10(13)12-8/h3-5,7H,1,6,11H2,2H3,(H,12,13)/b8-5+,9-4+/t7-/m0/s1. The van der Waals surface area contributed by atoms with Gasteiger partial charge in [0, 0.05) is 10.7 Å². The minimum Gasteiger partial charge on any atom is -0.324 e. The summed E-state index contributed by atoms with van der Waals surface area (Å²) in [4.78, 5) is 12.4. The van der Waals surface area contributed by atoms with E-state index in [2.05, 4.69) is 11.9 Å². The Morgan fingerprint density at radius 1 is 1.71 bits per heavy atom. The van der Waals surface area contributed by atoms with Crippen molar-refractivity contribution in [2.45, 2.75) is 13.0 Å². The van der Waals surface area contributed by atoms with Crippen LogP contribution >= 0.6 is 11.8 Å². The molecule has 0 radical (unpaired) electrons. The highest BCUT2D eigenvalue weighted by Gasteiger charge is 2.21. The zero-order valence-corrected chi connectivity index (χ0v) is 8.93. The van der Waals surface area contributed by atoms with Crippen LogP contribution in [0.15, 0.2) is 35.4 Å². The second-order valence-corrected chi connectivity index (χ2v) is 3.94. The molecule has 0 aliphatic carbocycles. The molecule has 0 aromatic rings. The summed E-state index contributed by atoms with van der Waals surface area (Å²) < 4.78 is 0. The Balaban J connectivity index is 2.95. The van der Waals surface area contributed by atoms with Crippen LogP contribution < -0.4 is 11.1 Å². The molecule has 0 aromatic carbocycles. The molecule has 3 N–H and O–H groups in total. The van der Waals surface area contributed by atoms with Gasteiger partial charge in [0.15, 0.2) is 0 Å². The molecule has 1 atom stereocenters. The molecule has 1 amide bonds. The van der Waals surface area contributed by atoms with Crippen LogP contribution in [0.2, 0.25) is 0 Å². The number of rotatable bonds is 1. The van der Waals surface area contributed by atoms with Crippen molar-refractivity contribution in [1.82, 2.24) is 5.32 Å². The molecule has 76 valence electrons. The zero-order chi connectivity index (χ0) is 10.6. The first-order chi connectivity index (χ1) is 6.69. The highest BCUT2D eigenvalue weighted by molar-refractivity contribution is 8.03. The molecular weight excluding hydrogens is 196 g/mol. The third-order valence-corrected chi connectivity index (χ3v) is 3.12. The first kappa shape index (κ1) is 11.1. The maximum Gasteiger partial charge on any atom is 0.242 e. The normalized spacial score (nSPS) is 28.7. The predicted octanol–water partition coefficient (Wildman–Crippen LogP) is 1.15.